The summed E-state index contributed by atoms with van der Waals surface area (Å²) in [5.74, 6) is 0.966. The van der Waals surface area contributed by atoms with Crippen molar-refractivity contribution >= 4 is 40.6 Å². The third kappa shape index (κ3) is 4.51. The Labute approximate surface area is 191 Å². The Morgan fingerprint density at radius 1 is 1.22 bits per heavy atom. The molecule has 0 spiro atoms. The molecule has 1 N–H and O–H groups in total. The summed E-state index contributed by atoms with van der Waals surface area (Å²) in [5, 5.41) is 22.8. The standard InChI is InChI=1S/C21H16ClN5O4S/c1-13-16(9-10-31-13)20-24-25-21(26(20)15-5-3-2-4-6-15)32-12-19(28)23-14-7-8-17(22)18(11-14)27(29)30/h2-11H,12H2,1H3,(H,23,28). The van der Waals surface area contributed by atoms with Gasteiger partial charge in [0.05, 0.1) is 22.5 Å². The number of nitrogens with one attached hydrogen (secondary N) is 1. The van der Waals surface area contributed by atoms with Gasteiger partial charge in [0, 0.05) is 17.4 Å². The van der Waals surface area contributed by atoms with Crippen molar-refractivity contribution < 1.29 is 14.1 Å². The highest BCUT2D eigenvalue weighted by molar-refractivity contribution is 7.99. The minimum atomic E-state index is -0.603. The fourth-order valence-corrected chi connectivity index (χ4v) is 3.96. The van der Waals surface area contributed by atoms with Crippen LogP contribution in [0.15, 0.2) is 70.4 Å². The van der Waals surface area contributed by atoms with Gasteiger partial charge in [-0.1, -0.05) is 41.6 Å². The number of benzene rings is 2. The SMILES string of the molecule is Cc1occc1-c1nnc(SCC(=O)Nc2ccc(Cl)c([N+](=O)[O-])c2)n1-c1ccccc1. The summed E-state index contributed by atoms with van der Waals surface area (Å²) in [6.07, 6.45) is 1.58. The number of carbonyl (C=O) groups is 1. The van der Waals surface area contributed by atoms with E-state index in [4.69, 9.17) is 16.0 Å². The first-order valence-electron chi connectivity index (χ1n) is 9.36. The number of nitro benzene ring substituents is 1. The lowest BCUT2D eigenvalue weighted by molar-refractivity contribution is -0.384. The van der Waals surface area contributed by atoms with Crippen molar-refractivity contribution in [1.29, 1.82) is 0 Å². The number of halogens is 1. The molecule has 2 heterocycles. The van der Waals surface area contributed by atoms with Crippen LogP contribution in [0, 0.1) is 17.0 Å². The molecule has 162 valence electrons. The van der Waals surface area contributed by atoms with E-state index in [1.54, 1.807) is 6.26 Å². The lowest BCUT2D eigenvalue weighted by Gasteiger charge is -2.10. The first kappa shape index (κ1) is 21.6. The van der Waals surface area contributed by atoms with Crippen LogP contribution in [-0.2, 0) is 4.79 Å². The molecule has 2 aromatic heterocycles. The van der Waals surface area contributed by atoms with E-state index in [-0.39, 0.29) is 28.1 Å². The molecule has 11 heteroatoms. The van der Waals surface area contributed by atoms with Crippen molar-refractivity contribution in [1.82, 2.24) is 14.8 Å². The van der Waals surface area contributed by atoms with E-state index in [2.05, 4.69) is 15.5 Å². The lowest BCUT2D eigenvalue weighted by atomic mass is 10.2. The fourth-order valence-electron chi connectivity index (χ4n) is 3.02. The van der Waals surface area contributed by atoms with Gasteiger partial charge in [-0.05, 0) is 37.3 Å². The van der Waals surface area contributed by atoms with E-state index in [0.29, 0.717) is 16.7 Å². The van der Waals surface area contributed by atoms with Crippen molar-refractivity contribution in [3.8, 4) is 17.1 Å². The molecule has 0 saturated heterocycles. The molecule has 4 rings (SSSR count). The van der Waals surface area contributed by atoms with Gasteiger partial charge in [-0.3, -0.25) is 19.5 Å². The van der Waals surface area contributed by atoms with E-state index in [0.717, 1.165) is 11.3 Å². The van der Waals surface area contributed by atoms with Gasteiger partial charge >= 0.3 is 0 Å². The van der Waals surface area contributed by atoms with Gasteiger partial charge in [0.25, 0.3) is 5.69 Å². The molecule has 0 saturated carbocycles. The smallest absolute Gasteiger partial charge is 0.289 e. The Morgan fingerprint density at radius 3 is 2.69 bits per heavy atom. The van der Waals surface area contributed by atoms with Gasteiger partial charge in [0.2, 0.25) is 5.91 Å². The number of aromatic nitrogens is 3. The molecule has 0 fully saturated rings. The Hall–Kier alpha value is -3.63. The Kier molecular flexibility index (Phi) is 6.24. The zero-order valence-corrected chi connectivity index (χ0v) is 18.3. The molecular formula is C21H16ClN5O4S. The third-order valence-electron chi connectivity index (χ3n) is 4.51. The van der Waals surface area contributed by atoms with Crippen LogP contribution in [-0.4, -0.2) is 31.3 Å². The number of nitrogens with zero attached hydrogens (tertiary/aromatic N) is 4. The predicted molar refractivity (Wildman–Crippen MR) is 121 cm³/mol. The van der Waals surface area contributed by atoms with E-state index in [1.807, 2.05) is 47.9 Å². The second-order valence-electron chi connectivity index (χ2n) is 6.63. The van der Waals surface area contributed by atoms with Crippen LogP contribution in [0.2, 0.25) is 5.02 Å². The van der Waals surface area contributed by atoms with Crippen molar-refractivity contribution in [2.75, 3.05) is 11.1 Å². The van der Waals surface area contributed by atoms with Gasteiger partial charge < -0.3 is 9.73 Å². The molecule has 2 aromatic carbocycles. The minimum absolute atomic E-state index is 0.000376. The molecular weight excluding hydrogens is 454 g/mol. The number of anilines is 1. The molecule has 0 atom stereocenters. The third-order valence-corrected chi connectivity index (χ3v) is 5.75. The predicted octanol–water partition coefficient (Wildman–Crippen LogP) is 5.13. The zero-order valence-electron chi connectivity index (χ0n) is 16.7. The summed E-state index contributed by atoms with van der Waals surface area (Å²) in [6, 6.07) is 15.4. The summed E-state index contributed by atoms with van der Waals surface area (Å²) in [5.41, 5.74) is 1.64. The fraction of sp³-hybridized carbons (Fsp3) is 0.0952. The summed E-state index contributed by atoms with van der Waals surface area (Å²) in [6.45, 7) is 1.84. The number of nitro groups is 1. The number of furan rings is 1. The highest BCUT2D eigenvalue weighted by Gasteiger charge is 2.20. The molecule has 0 unspecified atom stereocenters. The molecule has 1 amide bonds. The maximum absolute atomic E-state index is 12.5. The van der Waals surface area contributed by atoms with E-state index < -0.39 is 4.92 Å². The van der Waals surface area contributed by atoms with Gasteiger partial charge in [0.15, 0.2) is 11.0 Å². The van der Waals surface area contributed by atoms with Crippen LogP contribution >= 0.6 is 23.4 Å². The maximum atomic E-state index is 12.5. The number of thioether (sulfide) groups is 1. The molecule has 32 heavy (non-hydrogen) atoms. The second-order valence-corrected chi connectivity index (χ2v) is 7.98. The number of rotatable bonds is 7. The minimum Gasteiger partial charge on any atom is -0.469 e. The number of hydrogen-bond acceptors (Lipinski definition) is 7. The van der Waals surface area contributed by atoms with Crippen LogP contribution in [0.5, 0.6) is 0 Å². The van der Waals surface area contributed by atoms with Crippen LogP contribution in [0.1, 0.15) is 5.76 Å². The maximum Gasteiger partial charge on any atom is 0.289 e. The highest BCUT2D eigenvalue weighted by Crippen LogP contribution is 2.31. The number of carbonyl (C=O) groups excluding carboxylic acids is 1. The van der Waals surface area contributed by atoms with Crippen LogP contribution in [0.4, 0.5) is 11.4 Å². The van der Waals surface area contributed by atoms with Crippen LogP contribution in [0.3, 0.4) is 0 Å². The normalized spacial score (nSPS) is 10.8. The largest absolute Gasteiger partial charge is 0.469 e. The molecule has 0 aliphatic heterocycles. The lowest BCUT2D eigenvalue weighted by Crippen LogP contribution is -2.14. The van der Waals surface area contributed by atoms with E-state index >= 15 is 0 Å². The van der Waals surface area contributed by atoms with Gasteiger partial charge in [-0.2, -0.15) is 0 Å². The monoisotopic (exact) mass is 469 g/mol. The van der Waals surface area contributed by atoms with Crippen molar-refractivity contribution in [3.63, 3.8) is 0 Å². The second kappa shape index (κ2) is 9.25. The van der Waals surface area contributed by atoms with Crippen LogP contribution in [0.25, 0.3) is 17.1 Å². The Balaban J connectivity index is 1.56. The first-order valence-corrected chi connectivity index (χ1v) is 10.7. The number of amides is 1. The number of para-hydroxylation sites is 1. The Bertz CT molecular complexity index is 1290. The summed E-state index contributed by atoms with van der Waals surface area (Å²) in [4.78, 5) is 22.9. The Morgan fingerprint density at radius 2 is 2.00 bits per heavy atom. The number of aryl methyl sites for hydroxylation is 1. The van der Waals surface area contributed by atoms with Gasteiger partial charge in [-0.15, -0.1) is 10.2 Å². The zero-order chi connectivity index (χ0) is 22.7. The van der Waals surface area contributed by atoms with Crippen LogP contribution < -0.4 is 5.32 Å². The van der Waals surface area contributed by atoms with Gasteiger partial charge in [-0.25, -0.2) is 0 Å². The molecule has 0 aliphatic carbocycles. The van der Waals surface area contributed by atoms with E-state index in [1.165, 1.54) is 30.0 Å². The topological polar surface area (TPSA) is 116 Å². The molecule has 9 nitrogen and oxygen atoms in total. The summed E-state index contributed by atoms with van der Waals surface area (Å²) < 4.78 is 7.26. The average Bonchev–Trinajstić information content (AvgIpc) is 3.39. The molecule has 0 radical (unpaired) electrons. The molecule has 0 bridgehead atoms. The molecule has 0 aliphatic rings. The van der Waals surface area contributed by atoms with Crippen molar-refractivity contribution in [2.45, 2.75) is 12.1 Å². The van der Waals surface area contributed by atoms with Gasteiger partial charge in [0.1, 0.15) is 10.8 Å². The quantitative estimate of drug-likeness (QED) is 0.226. The number of hydrogen-bond donors (Lipinski definition) is 1. The van der Waals surface area contributed by atoms with Crippen molar-refractivity contribution in [3.05, 3.63) is 81.8 Å². The summed E-state index contributed by atoms with van der Waals surface area (Å²) >= 11 is 7.01. The van der Waals surface area contributed by atoms with Crippen molar-refractivity contribution in [2.24, 2.45) is 0 Å². The average molecular weight is 470 g/mol. The molecule has 4 aromatic rings. The first-order chi connectivity index (χ1) is 15.4. The van der Waals surface area contributed by atoms with E-state index in [9.17, 15) is 14.9 Å². The highest BCUT2D eigenvalue weighted by atomic mass is 35.5. The summed E-state index contributed by atoms with van der Waals surface area (Å²) in [7, 11) is 0.